The summed E-state index contributed by atoms with van der Waals surface area (Å²) in [6.45, 7) is 4.77. The third-order valence-corrected chi connectivity index (χ3v) is 3.34. The van der Waals surface area contributed by atoms with Crippen LogP contribution in [-0.2, 0) is 11.2 Å². The molecule has 0 saturated carbocycles. The second-order valence-corrected chi connectivity index (χ2v) is 4.78. The molecule has 1 aromatic carbocycles. The molecule has 0 spiro atoms. The molecule has 18 heavy (non-hydrogen) atoms. The third kappa shape index (κ3) is 2.67. The van der Waals surface area contributed by atoms with Crippen molar-refractivity contribution in [3.05, 3.63) is 35.0 Å². The van der Waals surface area contributed by atoms with Crippen LogP contribution in [-0.4, -0.2) is 23.3 Å². The topological polar surface area (TPSA) is 44.9 Å². The number of carbonyl (C=O) groups excluding carboxylic acids is 1. The molecule has 1 aromatic heterocycles. The van der Waals surface area contributed by atoms with E-state index in [9.17, 15) is 4.79 Å². The first kappa shape index (κ1) is 13.0. The van der Waals surface area contributed by atoms with Crippen LogP contribution >= 0.6 is 11.6 Å². The summed E-state index contributed by atoms with van der Waals surface area (Å²) in [5.41, 5.74) is 4.82. The van der Waals surface area contributed by atoms with E-state index >= 15 is 0 Å². The molecule has 0 fully saturated rings. The SMILES string of the molecule is Cc1ccc2[nH]c(C)c(CCNC(=O)CCl)c2c1. The van der Waals surface area contributed by atoms with Crippen LogP contribution in [0.1, 0.15) is 16.8 Å². The van der Waals surface area contributed by atoms with Gasteiger partial charge in [-0.2, -0.15) is 0 Å². The summed E-state index contributed by atoms with van der Waals surface area (Å²) < 4.78 is 0. The third-order valence-electron chi connectivity index (χ3n) is 3.09. The zero-order valence-electron chi connectivity index (χ0n) is 10.6. The number of aromatic amines is 1. The number of hydrogen-bond donors (Lipinski definition) is 2. The van der Waals surface area contributed by atoms with Crippen LogP contribution in [0.25, 0.3) is 10.9 Å². The normalized spacial score (nSPS) is 10.8. The van der Waals surface area contributed by atoms with Gasteiger partial charge in [-0.3, -0.25) is 4.79 Å². The molecular formula is C14H17ClN2O. The fourth-order valence-electron chi connectivity index (χ4n) is 2.19. The molecule has 96 valence electrons. The van der Waals surface area contributed by atoms with Gasteiger partial charge in [0.05, 0.1) is 0 Å². The molecule has 0 bridgehead atoms. The molecule has 1 amide bonds. The van der Waals surface area contributed by atoms with Crippen molar-refractivity contribution in [2.45, 2.75) is 20.3 Å². The maximum atomic E-state index is 11.1. The van der Waals surface area contributed by atoms with Gasteiger partial charge in [0.2, 0.25) is 5.91 Å². The van der Waals surface area contributed by atoms with Crippen molar-refractivity contribution in [1.82, 2.24) is 10.3 Å². The van der Waals surface area contributed by atoms with Gasteiger partial charge in [0.25, 0.3) is 0 Å². The lowest BCUT2D eigenvalue weighted by Crippen LogP contribution is -2.26. The van der Waals surface area contributed by atoms with E-state index in [1.54, 1.807) is 0 Å². The fourth-order valence-corrected chi connectivity index (χ4v) is 2.29. The molecule has 0 aliphatic carbocycles. The number of aryl methyl sites for hydroxylation is 2. The molecule has 2 N–H and O–H groups in total. The van der Waals surface area contributed by atoms with E-state index in [0.29, 0.717) is 6.54 Å². The minimum absolute atomic E-state index is 0.0198. The highest BCUT2D eigenvalue weighted by molar-refractivity contribution is 6.27. The molecule has 1 heterocycles. The van der Waals surface area contributed by atoms with Crippen LogP contribution in [0.15, 0.2) is 18.2 Å². The van der Waals surface area contributed by atoms with Gasteiger partial charge in [-0.05, 0) is 38.0 Å². The van der Waals surface area contributed by atoms with Crippen molar-refractivity contribution in [2.24, 2.45) is 0 Å². The number of alkyl halides is 1. The highest BCUT2D eigenvalue weighted by Gasteiger charge is 2.08. The summed E-state index contributed by atoms with van der Waals surface area (Å²) in [5, 5.41) is 4.04. The summed E-state index contributed by atoms with van der Waals surface area (Å²) in [6.07, 6.45) is 0.817. The van der Waals surface area contributed by atoms with Crippen LogP contribution < -0.4 is 5.32 Å². The van der Waals surface area contributed by atoms with Crippen molar-refractivity contribution < 1.29 is 4.79 Å². The summed E-state index contributed by atoms with van der Waals surface area (Å²) >= 11 is 5.44. The first-order chi connectivity index (χ1) is 8.61. The zero-order chi connectivity index (χ0) is 13.1. The van der Waals surface area contributed by atoms with Crippen molar-refractivity contribution in [3.63, 3.8) is 0 Å². The smallest absolute Gasteiger partial charge is 0.234 e. The van der Waals surface area contributed by atoms with E-state index in [1.807, 2.05) is 0 Å². The van der Waals surface area contributed by atoms with Crippen molar-refractivity contribution in [1.29, 1.82) is 0 Å². The van der Waals surface area contributed by atoms with E-state index in [2.05, 4.69) is 42.3 Å². The number of H-pyrrole nitrogens is 1. The van der Waals surface area contributed by atoms with Gasteiger partial charge >= 0.3 is 0 Å². The number of carbonyl (C=O) groups is 1. The number of halogens is 1. The van der Waals surface area contributed by atoms with Gasteiger partial charge in [0, 0.05) is 23.1 Å². The van der Waals surface area contributed by atoms with Crippen molar-refractivity contribution in [3.8, 4) is 0 Å². The Labute approximate surface area is 112 Å². The number of hydrogen-bond acceptors (Lipinski definition) is 1. The van der Waals surface area contributed by atoms with Gasteiger partial charge in [0.15, 0.2) is 0 Å². The molecule has 3 nitrogen and oxygen atoms in total. The minimum Gasteiger partial charge on any atom is -0.358 e. The van der Waals surface area contributed by atoms with Crippen LogP contribution in [0.2, 0.25) is 0 Å². The average Bonchev–Trinajstić information content (AvgIpc) is 2.65. The maximum absolute atomic E-state index is 11.1. The lowest BCUT2D eigenvalue weighted by Gasteiger charge is -2.04. The monoisotopic (exact) mass is 264 g/mol. The number of rotatable bonds is 4. The highest BCUT2D eigenvalue weighted by Crippen LogP contribution is 2.23. The molecule has 0 aliphatic rings. The Morgan fingerprint density at radius 3 is 2.89 bits per heavy atom. The van der Waals surface area contributed by atoms with E-state index in [4.69, 9.17) is 11.6 Å². The van der Waals surface area contributed by atoms with Gasteiger partial charge < -0.3 is 10.3 Å². The van der Waals surface area contributed by atoms with E-state index in [0.717, 1.165) is 17.6 Å². The minimum atomic E-state index is -0.120. The first-order valence-corrected chi connectivity index (χ1v) is 6.55. The molecule has 0 radical (unpaired) electrons. The molecule has 0 saturated heterocycles. The van der Waals surface area contributed by atoms with Crippen LogP contribution in [0.3, 0.4) is 0 Å². The Balaban J connectivity index is 2.19. The van der Waals surface area contributed by atoms with E-state index in [-0.39, 0.29) is 11.8 Å². The number of aromatic nitrogens is 1. The van der Waals surface area contributed by atoms with Gasteiger partial charge in [-0.1, -0.05) is 11.6 Å². The summed E-state index contributed by atoms with van der Waals surface area (Å²) in [5.74, 6) is -0.100. The Hall–Kier alpha value is -1.48. The van der Waals surface area contributed by atoms with Crippen LogP contribution in [0.5, 0.6) is 0 Å². The second kappa shape index (κ2) is 5.44. The average molecular weight is 265 g/mol. The quantitative estimate of drug-likeness (QED) is 0.820. The van der Waals surface area contributed by atoms with Crippen molar-refractivity contribution in [2.75, 3.05) is 12.4 Å². The fraction of sp³-hybridized carbons (Fsp3) is 0.357. The maximum Gasteiger partial charge on any atom is 0.234 e. The summed E-state index contributed by atoms with van der Waals surface area (Å²) in [7, 11) is 0. The molecule has 0 atom stereocenters. The van der Waals surface area contributed by atoms with E-state index in [1.165, 1.54) is 16.5 Å². The predicted octanol–water partition coefficient (Wildman–Crippen LogP) is 2.68. The number of fused-ring (bicyclic) bond motifs is 1. The van der Waals surface area contributed by atoms with Gasteiger partial charge in [-0.15, -0.1) is 11.6 Å². The van der Waals surface area contributed by atoms with Crippen molar-refractivity contribution >= 4 is 28.4 Å². The lowest BCUT2D eigenvalue weighted by molar-refractivity contribution is -0.118. The molecular weight excluding hydrogens is 248 g/mol. The number of benzene rings is 1. The molecule has 2 rings (SSSR count). The highest BCUT2D eigenvalue weighted by atomic mass is 35.5. The molecule has 2 aromatic rings. The second-order valence-electron chi connectivity index (χ2n) is 4.51. The molecule has 0 aliphatic heterocycles. The van der Waals surface area contributed by atoms with E-state index < -0.39 is 0 Å². The Morgan fingerprint density at radius 1 is 1.39 bits per heavy atom. The predicted molar refractivity (Wildman–Crippen MR) is 75.2 cm³/mol. The number of amides is 1. The lowest BCUT2D eigenvalue weighted by atomic mass is 10.1. The van der Waals surface area contributed by atoms with Crippen LogP contribution in [0, 0.1) is 13.8 Å². The Morgan fingerprint density at radius 2 is 2.17 bits per heavy atom. The van der Waals surface area contributed by atoms with Gasteiger partial charge in [-0.25, -0.2) is 0 Å². The van der Waals surface area contributed by atoms with Crippen LogP contribution in [0.4, 0.5) is 0 Å². The Bertz CT molecular complexity index is 574. The zero-order valence-corrected chi connectivity index (χ0v) is 11.4. The Kier molecular flexibility index (Phi) is 3.92. The molecule has 4 heteroatoms. The standard InChI is InChI=1S/C14H17ClN2O/c1-9-3-4-13-12(7-9)11(10(2)17-13)5-6-16-14(18)8-15/h3-4,7,17H,5-6,8H2,1-2H3,(H,16,18). The van der Waals surface area contributed by atoms with Gasteiger partial charge in [0.1, 0.15) is 5.88 Å². The first-order valence-electron chi connectivity index (χ1n) is 6.02. The largest absolute Gasteiger partial charge is 0.358 e. The summed E-state index contributed by atoms with van der Waals surface area (Å²) in [6, 6.07) is 6.37. The molecule has 0 unspecified atom stereocenters. The number of nitrogens with one attached hydrogen (secondary N) is 2. The summed E-state index contributed by atoms with van der Waals surface area (Å²) in [4.78, 5) is 14.5.